The van der Waals surface area contributed by atoms with E-state index in [0.717, 1.165) is 17.2 Å². The second kappa shape index (κ2) is 4.75. The molecule has 0 spiro atoms. The molecule has 2 aromatic rings. The molecule has 2 rings (SSSR count). The van der Waals surface area contributed by atoms with Gasteiger partial charge < -0.3 is 5.32 Å². The van der Waals surface area contributed by atoms with Crippen molar-refractivity contribution in [3.8, 4) is 0 Å². The van der Waals surface area contributed by atoms with Gasteiger partial charge in [-0.3, -0.25) is 4.98 Å². The van der Waals surface area contributed by atoms with Gasteiger partial charge in [-0.2, -0.15) is 0 Å². The first-order chi connectivity index (χ1) is 7.74. The first kappa shape index (κ1) is 10.6. The third kappa shape index (κ3) is 2.79. The molecule has 0 saturated heterocycles. The highest BCUT2D eigenvalue weighted by Crippen LogP contribution is 2.07. The van der Waals surface area contributed by atoms with Crippen molar-refractivity contribution in [2.45, 2.75) is 20.4 Å². The zero-order chi connectivity index (χ0) is 11.4. The number of hydrogen-bond donors (Lipinski definition) is 1. The minimum Gasteiger partial charge on any atom is -0.364 e. The van der Waals surface area contributed by atoms with Gasteiger partial charge in [0.05, 0.1) is 12.2 Å². The van der Waals surface area contributed by atoms with E-state index in [1.807, 2.05) is 37.3 Å². The maximum atomic E-state index is 4.42. The van der Waals surface area contributed by atoms with Crippen LogP contribution in [0, 0.1) is 13.8 Å². The molecule has 0 aromatic carbocycles. The topological polar surface area (TPSA) is 37.8 Å². The Hall–Kier alpha value is -1.90. The third-order valence-electron chi connectivity index (χ3n) is 2.31. The van der Waals surface area contributed by atoms with E-state index in [9.17, 15) is 0 Å². The SMILES string of the molecule is Cc1ccnc(NCc2cccc(C)n2)c1. The molecule has 1 N–H and O–H groups in total. The normalized spacial score (nSPS) is 10.1. The molecule has 0 saturated carbocycles. The van der Waals surface area contributed by atoms with E-state index in [1.54, 1.807) is 6.20 Å². The van der Waals surface area contributed by atoms with Gasteiger partial charge in [-0.25, -0.2) is 4.98 Å². The maximum Gasteiger partial charge on any atom is 0.126 e. The number of rotatable bonds is 3. The predicted molar refractivity (Wildman–Crippen MR) is 65.3 cm³/mol. The van der Waals surface area contributed by atoms with Crippen LogP contribution in [0.4, 0.5) is 5.82 Å². The van der Waals surface area contributed by atoms with Crippen molar-refractivity contribution < 1.29 is 0 Å². The fourth-order valence-corrected chi connectivity index (χ4v) is 1.51. The van der Waals surface area contributed by atoms with Crippen LogP contribution in [0.2, 0.25) is 0 Å². The van der Waals surface area contributed by atoms with Crippen LogP contribution in [0.25, 0.3) is 0 Å². The predicted octanol–water partition coefficient (Wildman–Crippen LogP) is 2.71. The van der Waals surface area contributed by atoms with Crippen molar-refractivity contribution in [1.29, 1.82) is 0 Å². The highest BCUT2D eigenvalue weighted by molar-refractivity contribution is 5.37. The van der Waals surface area contributed by atoms with Gasteiger partial charge in [0, 0.05) is 11.9 Å². The molecule has 0 amide bonds. The minimum absolute atomic E-state index is 0.706. The van der Waals surface area contributed by atoms with Crippen molar-refractivity contribution in [2.75, 3.05) is 5.32 Å². The fourth-order valence-electron chi connectivity index (χ4n) is 1.51. The minimum atomic E-state index is 0.706. The van der Waals surface area contributed by atoms with E-state index >= 15 is 0 Å². The first-order valence-corrected chi connectivity index (χ1v) is 5.33. The molecule has 2 aromatic heterocycles. The van der Waals surface area contributed by atoms with Crippen molar-refractivity contribution in [1.82, 2.24) is 9.97 Å². The molecule has 0 radical (unpaired) electrons. The number of anilines is 1. The summed E-state index contributed by atoms with van der Waals surface area (Å²) in [5.74, 6) is 0.892. The molecule has 16 heavy (non-hydrogen) atoms. The number of aromatic nitrogens is 2. The molecular formula is C13H15N3. The van der Waals surface area contributed by atoms with E-state index in [-0.39, 0.29) is 0 Å². The summed E-state index contributed by atoms with van der Waals surface area (Å²) in [6.07, 6.45) is 1.81. The average molecular weight is 213 g/mol. The van der Waals surface area contributed by atoms with Crippen molar-refractivity contribution in [3.05, 3.63) is 53.5 Å². The Kier molecular flexibility index (Phi) is 3.15. The van der Waals surface area contributed by atoms with Crippen LogP contribution in [0.3, 0.4) is 0 Å². The van der Waals surface area contributed by atoms with Crippen molar-refractivity contribution in [2.24, 2.45) is 0 Å². The fraction of sp³-hybridized carbons (Fsp3) is 0.231. The molecule has 0 aliphatic heterocycles. The Bertz CT molecular complexity index is 435. The summed E-state index contributed by atoms with van der Waals surface area (Å²) in [5.41, 5.74) is 3.27. The van der Waals surface area contributed by atoms with Gasteiger partial charge in [0.15, 0.2) is 0 Å². The lowest BCUT2D eigenvalue weighted by Gasteiger charge is -2.06. The second-order valence-corrected chi connectivity index (χ2v) is 3.84. The zero-order valence-electron chi connectivity index (χ0n) is 9.57. The van der Waals surface area contributed by atoms with Crippen LogP contribution >= 0.6 is 0 Å². The average Bonchev–Trinajstić information content (AvgIpc) is 2.27. The van der Waals surface area contributed by atoms with E-state index < -0.39 is 0 Å². The number of nitrogens with one attached hydrogen (secondary N) is 1. The summed E-state index contributed by atoms with van der Waals surface area (Å²) in [6.45, 7) is 4.75. The van der Waals surface area contributed by atoms with Crippen LogP contribution in [0.15, 0.2) is 36.5 Å². The molecule has 0 aliphatic carbocycles. The summed E-state index contributed by atoms with van der Waals surface area (Å²) in [5, 5.41) is 3.26. The number of pyridine rings is 2. The Morgan fingerprint density at radius 2 is 2.06 bits per heavy atom. The molecule has 3 nitrogen and oxygen atoms in total. The van der Waals surface area contributed by atoms with Crippen molar-refractivity contribution in [3.63, 3.8) is 0 Å². The van der Waals surface area contributed by atoms with Gasteiger partial charge in [-0.15, -0.1) is 0 Å². The van der Waals surface area contributed by atoms with Gasteiger partial charge in [0.2, 0.25) is 0 Å². The van der Waals surface area contributed by atoms with Crippen molar-refractivity contribution >= 4 is 5.82 Å². The molecule has 2 heterocycles. The first-order valence-electron chi connectivity index (χ1n) is 5.33. The molecule has 82 valence electrons. The smallest absolute Gasteiger partial charge is 0.126 e. The lowest BCUT2D eigenvalue weighted by atomic mass is 10.3. The van der Waals surface area contributed by atoms with E-state index in [0.29, 0.717) is 6.54 Å². The standard InChI is InChI=1S/C13H15N3/c1-10-6-7-14-13(8-10)15-9-12-5-3-4-11(2)16-12/h3-8H,9H2,1-2H3,(H,14,15). The van der Waals surface area contributed by atoms with Gasteiger partial charge in [-0.1, -0.05) is 6.07 Å². The van der Waals surface area contributed by atoms with Crippen LogP contribution < -0.4 is 5.32 Å². The molecular weight excluding hydrogens is 198 g/mol. The summed E-state index contributed by atoms with van der Waals surface area (Å²) in [6, 6.07) is 10.0. The highest BCUT2D eigenvalue weighted by atomic mass is 15.0. The van der Waals surface area contributed by atoms with E-state index in [2.05, 4.69) is 22.2 Å². The Balaban J connectivity index is 2.02. The number of hydrogen-bond acceptors (Lipinski definition) is 3. The molecule has 0 unspecified atom stereocenters. The zero-order valence-corrected chi connectivity index (χ0v) is 9.57. The van der Waals surface area contributed by atoms with E-state index in [1.165, 1.54) is 5.56 Å². The Morgan fingerprint density at radius 1 is 1.19 bits per heavy atom. The van der Waals surface area contributed by atoms with Crippen LogP contribution in [-0.4, -0.2) is 9.97 Å². The van der Waals surface area contributed by atoms with Crippen LogP contribution in [0.1, 0.15) is 17.0 Å². The largest absolute Gasteiger partial charge is 0.364 e. The van der Waals surface area contributed by atoms with Gasteiger partial charge in [0.1, 0.15) is 5.82 Å². The third-order valence-corrected chi connectivity index (χ3v) is 2.31. The Labute approximate surface area is 95.6 Å². The second-order valence-electron chi connectivity index (χ2n) is 3.84. The molecule has 0 aliphatic rings. The van der Waals surface area contributed by atoms with E-state index in [4.69, 9.17) is 0 Å². The maximum absolute atomic E-state index is 4.42. The quantitative estimate of drug-likeness (QED) is 0.851. The number of aryl methyl sites for hydroxylation is 2. The summed E-state index contributed by atoms with van der Waals surface area (Å²) in [7, 11) is 0. The molecule has 0 fully saturated rings. The van der Waals surface area contributed by atoms with Crippen LogP contribution in [-0.2, 0) is 6.54 Å². The summed E-state index contributed by atoms with van der Waals surface area (Å²) in [4.78, 5) is 8.66. The Morgan fingerprint density at radius 3 is 2.81 bits per heavy atom. The monoisotopic (exact) mass is 213 g/mol. The number of nitrogens with zero attached hydrogens (tertiary/aromatic N) is 2. The molecule has 0 bridgehead atoms. The lowest BCUT2D eigenvalue weighted by Crippen LogP contribution is -2.03. The molecule has 3 heteroatoms. The van der Waals surface area contributed by atoms with Gasteiger partial charge in [-0.05, 0) is 43.7 Å². The summed E-state index contributed by atoms with van der Waals surface area (Å²) < 4.78 is 0. The molecule has 0 atom stereocenters. The lowest BCUT2D eigenvalue weighted by molar-refractivity contribution is 1.00. The summed E-state index contributed by atoms with van der Waals surface area (Å²) >= 11 is 0. The van der Waals surface area contributed by atoms with Crippen LogP contribution in [0.5, 0.6) is 0 Å². The highest BCUT2D eigenvalue weighted by Gasteiger charge is 1.96. The van der Waals surface area contributed by atoms with Gasteiger partial charge in [0.25, 0.3) is 0 Å². The van der Waals surface area contributed by atoms with Gasteiger partial charge >= 0.3 is 0 Å².